The van der Waals surface area contributed by atoms with E-state index in [1.807, 2.05) is 13.8 Å². The van der Waals surface area contributed by atoms with Crippen molar-refractivity contribution < 1.29 is 9.53 Å². The van der Waals surface area contributed by atoms with E-state index in [4.69, 9.17) is 4.74 Å². The maximum atomic E-state index is 12.3. The van der Waals surface area contributed by atoms with Gasteiger partial charge in [-0.05, 0) is 51.2 Å². The van der Waals surface area contributed by atoms with Gasteiger partial charge in [0.15, 0.2) is 0 Å². The van der Waals surface area contributed by atoms with Gasteiger partial charge in [0.1, 0.15) is 0 Å². The molecule has 2 aliphatic rings. The molecular weight excluding hydrogens is 260 g/mol. The minimum Gasteiger partial charge on any atom is -0.463 e. The summed E-state index contributed by atoms with van der Waals surface area (Å²) in [6.07, 6.45) is 11.2. The quantitative estimate of drug-likeness (QED) is 0.556. The summed E-state index contributed by atoms with van der Waals surface area (Å²) in [5, 5.41) is 0. The number of esters is 1. The van der Waals surface area contributed by atoms with E-state index in [9.17, 15) is 4.79 Å². The van der Waals surface area contributed by atoms with Crippen LogP contribution in [0.15, 0.2) is 58.7 Å². The summed E-state index contributed by atoms with van der Waals surface area (Å²) in [6, 6.07) is 0. The lowest BCUT2D eigenvalue weighted by Crippen LogP contribution is -2.23. The van der Waals surface area contributed by atoms with Gasteiger partial charge in [0, 0.05) is 11.5 Å². The van der Waals surface area contributed by atoms with Crippen LogP contribution in [0.2, 0.25) is 0 Å². The Morgan fingerprint density at radius 1 is 1.48 bits per heavy atom. The molecule has 0 bridgehead atoms. The first-order chi connectivity index (χ1) is 10.1. The average Bonchev–Trinajstić information content (AvgIpc) is 2.46. The van der Waals surface area contributed by atoms with Crippen LogP contribution in [0.1, 0.15) is 40.0 Å². The van der Waals surface area contributed by atoms with Crippen LogP contribution in [0.3, 0.4) is 0 Å². The number of hydrogen-bond acceptors (Lipinski definition) is 2. The first-order valence-electron chi connectivity index (χ1n) is 7.63. The van der Waals surface area contributed by atoms with Crippen molar-refractivity contribution in [3.63, 3.8) is 0 Å². The molecule has 0 amide bonds. The first-order valence-corrected chi connectivity index (χ1v) is 7.63. The Morgan fingerprint density at radius 3 is 2.81 bits per heavy atom. The molecule has 0 heterocycles. The van der Waals surface area contributed by atoms with E-state index >= 15 is 0 Å². The number of carbonyl (C=O) groups excluding carboxylic acids is 1. The number of carbonyl (C=O) groups is 1. The lowest BCUT2D eigenvalue weighted by atomic mass is 9.75. The van der Waals surface area contributed by atoms with E-state index in [0.717, 1.165) is 30.4 Å². The Hall–Kier alpha value is -1.83. The molecule has 0 aromatic heterocycles. The molecule has 0 saturated heterocycles. The van der Waals surface area contributed by atoms with Crippen LogP contribution < -0.4 is 0 Å². The van der Waals surface area contributed by atoms with Crippen molar-refractivity contribution in [3.8, 4) is 0 Å². The molecule has 0 spiro atoms. The molecule has 2 rings (SSSR count). The van der Waals surface area contributed by atoms with Crippen molar-refractivity contribution >= 4 is 5.97 Å². The van der Waals surface area contributed by atoms with Crippen molar-refractivity contribution in [1.29, 1.82) is 0 Å². The second-order valence-corrected chi connectivity index (χ2v) is 5.70. The molecule has 0 N–H and O–H groups in total. The van der Waals surface area contributed by atoms with Gasteiger partial charge in [0.25, 0.3) is 0 Å². The lowest BCUT2D eigenvalue weighted by molar-refractivity contribution is -0.139. The number of hydrogen-bond donors (Lipinski definition) is 0. The predicted molar refractivity (Wildman–Crippen MR) is 86.8 cm³/mol. The van der Waals surface area contributed by atoms with Crippen LogP contribution in [0.5, 0.6) is 0 Å². The monoisotopic (exact) mass is 284 g/mol. The van der Waals surface area contributed by atoms with Crippen LogP contribution >= 0.6 is 0 Å². The molecule has 21 heavy (non-hydrogen) atoms. The van der Waals surface area contributed by atoms with Gasteiger partial charge in [0.05, 0.1) is 6.61 Å². The summed E-state index contributed by atoms with van der Waals surface area (Å²) in [6.45, 7) is 10.5. The van der Waals surface area contributed by atoms with Crippen molar-refractivity contribution in [3.05, 3.63) is 58.7 Å². The fourth-order valence-corrected chi connectivity index (χ4v) is 3.09. The normalized spacial score (nSPS) is 24.3. The maximum absolute atomic E-state index is 12.3. The van der Waals surface area contributed by atoms with Crippen molar-refractivity contribution in [2.24, 2.45) is 5.92 Å². The van der Waals surface area contributed by atoms with Gasteiger partial charge < -0.3 is 4.74 Å². The molecule has 112 valence electrons. The summed E-state index contributed by atoms with van der Waals surface area (Å²) >= 11 is 0. The second kappa shape index (κ2) is 6.75. The summed E-state index contributed by atoms with van der Waals surface area (Å²) in [7, 11) is 0. The van der Waals surface area contributed by atoms with Crippen LogP contribution in [-0.4, -0.2) is 12.6 Å². The van der Waals surface area contributed by atoms with Crippen LogP contribution in [0.4, 0.5) is 0 Å². The van der Waals surface area contributed by atoms with Gasteiger partial charge in [-0.2, -0.15) is 0 Å². The second-order valence-electron chi connectivity index (χ2n) is 5.70. The number of allylic oxidation sites excluding steroid dienone is 8. The highest BCUT2D eigenvalue weighted by Crippen LogP contribution is 2.39. The molecule has 2 heteroatoms. The smallest absolute Gasteiger partial charge is 0.334 e. The molecule has 0 aliphatic heterocycles. The molecule has 0 saturated carbocycles. The fraction of sp³-hybridized carbons (Fsp3) is 0.421. The van der Waals surface area contributed by atoms with E-state index in [-0.39, 0.29) is 11.9 Å². The molecule has 0 aromatic carbocycles. The Morgan fingerprint density at radius 2 is 2.24 bits per heavy atom. The van der Waals surface area contributed by atoms with Gasteiger partial charge in [-0.15, -0.1) is 0 Å². The van der Waals surface area contributed by atoms with E-state index in [2.05, 4.69) is 37.8 Å². The molecule has 0 fully saturated rings. The highest BCUT2D eigenvalue weighted by Gasteiger charge is 2.31. The minimum absolute atomic E-state index is 0.0972. The highest BCUT2D eigenvalue weighted by atomic mass is 16.5. The standard InChI is InChI=1S/C19H24O2/c1-5-15-7-9-16(10-8-15)17-12-13(3)11-14(4)18(17)19(20)21-6-2/h5,7,9-10,17H,3,6,8,11-12H2,1-2,4H3. The SMILES string of the molecule is C=C1CC(C)=C(C(=O)OCC)C(C2=CCC(=CC)C=C2)C1. The van der Waals surface area contributed by atoms with Crippen molar-refractivity contribution in [2.45, 2.75) is 40.0 Å². The molecule has 0 aromatic rings. The van der Waals surface area contributed by atoms with Gasteiger partial charge in [-0.25, -0.2) is 4.79 Å². The zero-order valence-corrected chi connectivity index (χ0v) is 13.2. The largest absolute Gasteiger partial charge is 0.463 e. The van der Waals surface area contributed by atoms with E-state index in [1.165, 1.54) is 16.7 Å². The van der Waals surface area contributed by atoms with E-state index < -0.39 is 0 Å². The maximum Gasteiger partial charge on any atom is 0.334 e. The third-order valence-corrected chi connectivity index (χ3v) is 4.15. The predicted octanol–water partition coefficient (Wildman–Crippen LogP) is 4.66. The third kappa shape index (κ3) is 3.44. The molecular formula is C19H24O2. The van der Waals surface area contributed by atoms with Gasteiger partial charge in [-0.3, -0.25) is 0 Å². The van der Waals surface area contributed by atoms with Gasteiger partial charge in [-0.1, -0.05) is 42.0 Å². The Balaban J connectivity index is 2.33. The molecule has 1 unspecified atom stereocenters. The fourth-order valence-electron chi connectivity index (χ4n) is 3.09. The minimum atomic E-state index is -0.168. The van der Waals surface area contributed by atoms with Crippen LogP contribution in [0, 0.1) is 5.92 Å². The molecule has 0 radical (unpaired) electrons. The summed E-state index contributed by atoms with van der Waals surface area (Å²) in [5.74, 6) is -0.0708. The Bertz CT molecular complexity index is 570. The topological polar surface area (TPSA) is 26.3 Å². The zero-order valence-electron chi connectivity index (χ0n) is 13.2. The average molecular weight is 284 g/mol. The number of ether oxygens (including phenoxy) is 1. The van der Waals surface area contributed by atoms with Crippen LogP contribution in [-0.2, 0) is 9.53 Å². The van der Waals surface area contributed by atoms with Crippen molar-refractivity contribution in [2.75, 3.05) is 6.61 Å². The van der Waals surface area contributed by atoms with Gasteiger partial charge in [0.2, 0.25) is 0 Å². The van der Waals surface area contributed by atoms with Crippen LogP contribution in [0.25, 0.3) is 0 Å². The summed E-state index contributed by atoms with van der Waals surface area (Å²) in [5.41, 5.74) is 5.65. The van der Waals surface area contributed by atoms with Gasteiger partial charge >= 0.3 is 5.97 Å². The van der Waals surface area contributed by atoms with E-state index in [1.54, 1.807) is 0 Å². The Labute approximate surface area is 127 Å². The highest BCUT2D eigenvalue weighted by molar-refractivity contribution is 5.91. The number of rotatable bonds is 3. The summed E-state index contributed by atoms with van der Waals surface area (Å²) < 4.78 is 5.26. The third-order valence-electron chi connectivity index (χ3n) is 4.15. The zero-order chi connectivity index (χ0) is 15.4. The lowest BCUT2D eigenvalue weighted by Gasteiger charge is -2.29. The summed E-state index contributed by atoms with van der Waals surface area (Å²) in [4.78, 5) is 12.3. The molecule has 2 nitrogen and oxygen atoms in total. The Kier molecular flexibility index (Phi) is 5.00. The van der Waals surface area contributed by atoms with Crippen molar-refractivity contribution in [1.82, 2.24) is 0 Å². The first kappa shape index (κ1) is 15.6. The van der Waals surface area contributed by atoms with E-state index in [0.29, 0.717) is 6.61 Å². The molecule has 2 aliphatic carbocycles. The molecule has 1 atom stereocenters.